The number of fused-ring (bicyclic) bond motifs is 1. The normalized spacial score (nSPS) is 30.6. The molecule has 2 N–H and O–H groups in total. The topological polar surface area (TPSA) is 51.8 Å². The summed E-state index contributed by atoms with van der Waals surface area (Å²) in [6.45, 7) is 2.31. The van der Waals surface area contributed by atoms with Gasteiger partial charge in [-0.1, -0.05) is 32.6 Å². The van der Waals surface area contributed by atoms with Crippen LogP contribution in [0.25, 0.3) is 0 Å². The molecule has 3 rings (SSSR count). The van der Waals surface area contributed by atoms with E-state index in [1.807, 2.05) is 6.20 Å². The quantitative estimate of drug-likeness (QED) is 0.832. The van der Waals surface area contributed by atoms with Gasteiger partial charge < -0.3 is 5.73 Å². The molecule has 1 aromatic rings. The first-order valence-electron chi connectivity index (χ1n) is 8.39. The molecule has 3 atom stereocenters. The highest BCUT2D eigenvalue weighted by molar-refractivity contribution is 5.23. The van der Waals surface area contributed by atoms with E-state index >= 15 is 0 Å². The lowest BCUT2D eigenvalue weighted by atomic mass is 9.80. The number of hydrogen-bond acceptors (Lipinski definition) is 3. The second-order valence-corrected chi connectivity index (χ2v) is 6.62. The molecule has 3 unspecified atom stereocenters. The Balaban J connectivity index is 1.82. The Hall–Kier alpha value is -0.960. The molecule has 0 spiro atoms. The zero-order chi connectivity index (χ0) is 13.9. The fourth-order valence-corrected chi connectivity index (χ4v) is 3.86. The van der Waals surface area contributed by atoms with Crippen LogP contribution in [0, 0.1) is 5.92 Å². The van der Waals surface area contributed by atoms with Crippen LogP contribution in [0.1, 0.15) is 87.3 Å². The zero-order valence-corrected chi connectivity index (χ0v) is 12.6. The van der Waals surface area contributed by atoms with Crippen molar-refractivity contribution >= 4 is 0 Å². The van der Waals surface area contributed by atoms with Crippen molar-refractivity contribution in [3.63, 3.8) is 0 Å². The van der Waals surface area contributed by atoms with Gasteiger partial charge in [-0.2, -0.15) is 0 Å². The molecular formula is C17H27N3. The summed E-state index contributed by atoms with van der Waals surface area (Å²) in [4.78, 5) is 9.61. The van der Waals surface area contributed by atoms with Crippen LogP contribution >= 0.6 is 0 Å². The molecule has 2 aliphatic carbocycles. The van der Waals surface area contributed by atoms with Crippen molar-refractivity contribution in [3.8, 4) is 0 Å². The Morgan fingerprint density at radius 2 is 2.10 bits per heavy atom. The Bertz CT molecular complexity index is 458. The predicted molar refractivity (Wildman–Crippen MR) is 81.5 cm³/mol. The molecule has 0 radical (unpaired) electrons. The molecule has 3 heteroatoms. The van der Waals surface area contributed by atoms with Crippen LogP contribution in [0.15, 0.2) is 6.20 Å². The molecule has 1 heterocycles. The van der Waals surface area contributed by atoms with E-state index in [1.165, 1.54) is 56.2 Å². The Morgan fingerprint density at radius 3 is 2.95 bits per heavy atom. The largest absolute Gasteiger partial charge is 0.324 e. The monoisotopic (exact) mass is 273 g/mol. The van der Waals surface area contributed by atoms with E-state index in [-0.39, 0.29) is 6.04 Å². The van der Waals surface area contributed by atoms with Crippen molar-refractivity contribution in [2.24, 2.45) is 11.7 Å². The first-order valence-corrected chi connectivity index (χ1v) is 8.39. The third kappa shape index (κ3) is 2.88. The summed E-state index contributed by atoms with van der Waals surface area (Å²) in [5, 5.41) is 0. The predicted octanol–water partition coefficient (Wildman–Crippen LogP) is 3.89. The van der Waals surface area contributed by atoms with Gasteiger partial charge in [-0.3, -0.25) is 0 Å². The van der Waals surface area contributed by atoms with Crippen molar-refractivity contribution in [2.75, 3.05) is 0 Å². The van der Waals surface area contributed by atoms with Crippen LogP contribution < -0.4 is 5.73 Å². The molecule has 110 valence electrons. The third-order valence-electron chi connectivity index (χ3n) is 5.22. The summed E-state index contributed by atoms with van der Waals surface area (Å²) < 4.78 is 0. The molecule has 0 aromatic carbocycles. The standard InChI is InChI=1S/C17H27N3/c1-2-12-6-5-7-13(10-12)17-19-11-14-15(18)8-3-4-9-16(14)20-17/h11-13,15H,2-10,18H2,1H3. The molecule has 0 aliphatic heterocycles. The molecule has 1 saturated carbocycles. The van der Waals surface area contributed by atoms with Crippen LogP contribution in [-0.4, -0.2) is 9.97 Å². The first kappa shape index (κ1) is 14.0. The van der Waals surface area contributed by atoms with Crippen molar-refractivity contribution in [2.45, 2.75) is 76.7 Å². The minimum absolute atomic E-state index is 0.149. The second kappa shape index (κ2) is 6.21. The second-order valence-electron chi connectivity index (χ2n) is 6.62. The van der Waals surface area contributed by atoms with Crippen LogP contribution in [-0.2, 0) is 6.42 Å². The lowest BCUT2D eigenvalue weighted by molar-refractivity contribution is 0.306. The number of rotatable bonds is 2. The highest BCUT2D eigenvalue weighted by atomic mass is 14.9. The van der Waals surface area contributed by atoms with Crippen LogP contribution in [0.3, 0.4) is 0 Å². The van der Waals surface area contributed by atoms with Gasteiger partial charge in [-0.25, -0.2) is 9.97 Å². The Kier molecular flexibility index (Phi) is 4.35. The lowest BCUT2D eigenvalue weighted by Crippen LogP contribution is -2.18. The maximum absolute atomic E-state index is 6.24. The fourth-order valence-electron chi connectivity index (χ4n) is 3.86. The zero-order valence-electron chi connectivity index (χ0n) is 12.6. The average molecular weight is 273 g/mol. The van der Waals surface area contributed by atoms with Crippen molar-refractivity contribution < 1.29 is 0 Å². The van der Waals surface area contributed by atoms with Crippen LogP contribution in [0.5, 0.6) is 0 Å². The number of hydrogen-bond donors (Lipinski definition) is 1. The average Bonchev–Trinajstić information content (AvgIpc) is 2.69. The molecule has 0 saturated heterocycles. The third-order valence-corrected chi connectivity index (χ3v) is 5.22. The first-order chi connectivity index (χ1) is 9.78. The Labute approximate surface area is 122 Å². The van der Waals surface area contributed by atoms with E-state index in [4.69, 9.17) is 10.7 Å². The summed E-state index contributed by atoms with van der Waals surface area (Å²) in [6, 6.07) is 0.149. The highest BCUT2D eigenvalue weighted by Gasteiger charge is 2.25. The lowest BCUT2D eigenvalue weighted by Gasteiger charge is -2.27. The molecule has 2 aliphatic rings. The molecule has 0 bridgehead atoms. The maximum atomic E-state index is 6.24. The van der Waals surface area contributed by atoms with Crippen molar-refractivity contribution in [3.05, 3.63) is 23.3 Å². The number of aryl methyl sites for hydroxylation is 1. The van der Waals surface area contributed by atoms with Gasteiger partial charge in [0, 0.05) is 29.4 Å². The van der Waals surface area contributed by atoms with E-state index in [0.717, 1.165) is 24.6 Å². The minimum Gasteiger partial charge on any atom is -0.324 e. The molecule has 1 aromatic heterocycles. The van der Waals surface area contributed by atoms with E-state index in [2.05, 4.69) is 11.9 Å². The number of nitrogens with two attached hydrogens (primary N) is 1. The van der Waals surface area contributed by atoms with Crippen LogP contribution in [0.4, 0.5) is 0 Å². The summed E-state index contributed by atoms with van der Waals surface area (Å²) in [5.74, 6) is 2.55. The Morgan fingerprint density at radius 1 is 1.20 bits per heavy atom. The summed E-state index contributed by atoms with van der Waals surface area (Å²) in [6.07, 6.45) is 13.2. The SMILES string of the molecule is CCC1CCCC(c2ncc3c(n2)CCCCC3N)C1. The number of aromatic nitrogens is 2. The maximum Gasteiger partial charge on any atom is 0.131 e. The van der Waals surface area contributed by atoms with Gasteiger partial charge in [-0.05, 0) is 38.0 Å². The van der Waals surface area contributed by atoms with Gasteiger partial charge in [0.25, 0.3) is 0 Å². The summed E-state index contributed by atoms with van der Waals surface area (Å²) >= 11 is 0. The highest BCUT2D eigenvalue weighted by Crippen LogP contribution is 2.36. The van der Waals surface area contributed by atoms with Gasteiger partial charge in [0.15, 0.2) is 0 Å². The van der Waals surface area contributed by atoms with E-state index in [9.17, 15) is 0 Å². The van der Waals surface area contributed by atoms with Gasteiger partial charge >= 0.3 is 0 Å². The van der Waals surface area contributed by atoms with Crippen LogP contribution in [0.2, 0.25) is 0 Å². The fraction of sp³-hybridized carbons (Fsp3) is 0.765. The van der Waals surface area contributed by atoms with E-state index in [1.54, 1.807) is 0 Å². The molecule has 20 heavy (non-hydrogen) atoms. The van der Waals surface area contributed by atoms with Crippen molar-refractivity contribution in [1.82, 2.24) is 9.97 Å². The number of nitrogens with zero attached hydrogens (tertiary/aromatic N) is 2. The molecular weight excluding hydrogens is 246 g/mol. The smallest absolute Gasteiger partial charge is 0.131 e. The van der Waals surface area contributed by atoms with Gasteiger partial charge in [0.1, 0.15) is 5.82 Å². The van der Waals surface area contributed by atoms with E-state index < -0.39 is 0 Å². The summed E-state index contributed by atoms with van der Waals surface area (Å²) in [5.41, 5.74) is 8.68. The molecule has 3 nitrogen and oxygen atoms in total. The van der Waals surface area contributed by atoms with Gasteiger partial charge in [-0.15, -0.1) is 0 Å². The molecule has 1 fully saturated rings. The minimum atomic E-state index is 0.149. The van der Waals surface area contributed by atoms with E-state index in [0.29, 0.717) is 5.92 Å². The van der Waals surface area contributed by atoms with Crippen molar-refractivity contribution in [1.29, 1.82) is 0 Å². The summed E-state index contributed by atoms with van der Waals surface area (Å²) in [7, 11) is 0. The molecule has 0 amide bonds. The van der Waals surface area contributed by atoms with Gasteiger partial charge in [0.05, 0.1) is 0 Å². The van der Waals surface area contributed by atoms with Gasteiger partial charge in [0.2, 0.25) is 0 Å².